The molecule has 1 aliphatic heterocycles. The van der Waals surface area contributed by atoms with Crippen molar-refractivity contribution in [3.8, 4) is 0 Å². The third-order valence-electron chi connectivity index (χ3n) is 4.91. The van der Waals surface area contributed by atoms with E-state index in [1.807, 2.05) is 11.3 Å². The van der Waals surface area contributed by atoms with Gasteiger partial charge in [-0.1, -0.05) is 25.7 Å². The minimum absolute atomic E-state index is 0.138. The van der Waals surface area contributed by atoms with E-state index in [9.17, 15) is 0 Å². The maximum absolute atomic E-state index is 6.72. The first kappa shape index (κ1) is 14.5. The van der Waals surface area contributed by atoms with Crippen molar-refractivity contribution >= 4 is 11.3 Å². The molecular weight excluding hydrogens is 266 g/mol. The Hall–Kier alpha value is -0.450. The molecule has 0 unspecified atom stereocenters. The predicted octanol–water partition coefficient (Wildman–Crippen LogP) is 3.42. The van der Waals surface area contributed by atoms with Crippen LogP contribution in [0.1, 0.15) is 68.0 Å². The zero-order chi connectivity index (χ0) is 14.2. The third-order valence-corrected chi connectivity index (χ3v) is 6.22. The highest BCUT2D eigenvalue weighted by Crippen LogP contribution is 2.38. The fraction of sp³-hybridized carbons (Fsp3) is 0.812. The Balaban J connectivity index is 1.82. The highest BCUT2D eigenvalue weighted by atomic mass is 32.1. The second-order valence-electron chi connectivity index (χ2n) is 6.77. The van der Waals surface area contributed by atoms with Gasteiger partial charge in [0.15, 0.2) is 0 Å². The molecule has 3 rings (SSSR count). The molecule has 1 fully saturated rings. The molecule has 0 spiro atoms. The summed E-state index contributed by atoms with van der Waals surface area (Å²) in [5.41, 5.74) is 7.91. The van der Waals surface area contributed by atoms with Gasteiger partial charge in [0.2, 0.25) is 0 Å². The van der Waals surface area contributed by atoms with Crippen molar-refractivity contribution in [2.24, 2.45) is 5.73 Å². The Morgan fingerprint density at radius 2 is 1.90 bits per heavy atom. The second-order valence-corrected chi connectivity index (χ2v) is 7.86. The first-order valence-corrected chi connectivity index (χ1v) is 8.92. The van der Waals surface area contributed by atoms with Crippen LogP contribution in [0.25, 0.3) is 0 Å². The van der Waals surface area contributed by atoms with Crippen molar-refractivity contribution < 1.29 is 0 Å². The number of thiazole rings is 1. The fourth-order valence-corrected chi connectivity index (χ4v) is 4.73. The van der Waals surface area contributed by atoms with Crippen LogP contribution in [-0.4, -0.2) is 22.5 Å². The molecule has 0 aromatic carbocycles. The number of hydrogen-bond donors (Lipinski definition) is 1. The van der Waals surface area contributed by atoms with Crippen molar-refractivity contribution in [2.75, 3.05) is 6.54 Å². The minimum atomic E-state index is -0.138. The van der Waals surface area contributed by atoms with Gasteiger partial charge in [-0.15, -0.1) is 11.3 Å². The van der Waals surface area contributed by atoms with E-state index in [0.29, 0.717) is 6.04 Å². The highest BCUT2D eigenvalue weighted by Gasteiger charge is 2.33. The molecule has 1 aromatic heterocycles. The van der Waals surface area contributed by atoms with Gasteiger partial charge in [0.05, 0.1) is 11.2 Å². The molecule has 20 heavy (non-hydrogen) atoms. The Morgan fingerprint density at radius 1 is 1.20 bits per heavy atom. The Bertz CT molecular complexity index is 458. The molecule has 0 saturated heterocycles. The Labute approximate surface area is 126 Å². The van der Waals surface area contributed by atoms with Gasteiger partial charge in [-0.25, -0.2) is 4.98 Å². The predicted molar refractivity (Wildman–Crippen MR) is 84.9 cm³/mol. The van der Waals surface area contributed by atoms with E-state index in [2.05, 4.69) is 18.7 Å². The van der Waals surface area contributed by atoms with E-state index in [0.717, 1.165) is 32.4 Å². The molecule has 1 aromatic rings. The average Bonchev–Trinajstić information content (AvgIpc) is 2.74. The van der Waals surface area contributed by atoms with Crippen molar-refractivity contribution in [2.45, 2.75) is 76.9 Å². The van der Waals surface area contributed by atoms with E-state index >= 15 is 0 Å². The topological polar surface area (TPSA) is 42.2 Å². The molecular formula is C16H27N3S. The number of aromatic nitrogens is 1. The smallest absolute Gasteiger partial charge is 0.113 e. The minimum Gasteiger partial charge on any atom is -0.319 e. The van der Waals surface area contributed by atoms with Gasteiger partial charge in [-0.2, -0.15) is 0 Å². The molecule has 2 aliphatic rings. The molecule has 0 atom stereocenters. The number of nitrogens with zero attached hydrogens (tertiary/aromatic N) is 2. The average molecular weight is 293 g/mol. The van der Waals surface area contributed by atoms with E-state index in [-0.39, 0.29) is 5.54 Å². The molecule has 1 aliphatic carbocycles. The number of hydrogen-bond acceptors (Lipinski definition) is 4. The van der Waals surface area contributed by atoms with Crippen LogP contribution in [0.5, 0.6) is 0 Å². The molecule has 3 nitrogen and oxygen atoms in total. The van der Waals surface area contributed by atoms with E-state index in [1.165, 1.54) is 41.3 Å². The standard InChI is InChI=1S/C16H27N3S/c1-12(2)19-10-7-13-14(11-19)20-15(18-13)16(17)8-5-3-4-6-9-16/h12H,3-11,17H2,1-2H3. The molecule has 112 valence electrons. The quantitative estimate of drug-likeness (QED) is 0.850. The van der Waals surface area contributed by atoms with Gasteiger partial charge in [0.25, 0.3) is 0 Å². The molecule has 2 N–H and O–H groups in total. The van der Waals surface area contributed by atoms with Crippen LogP contribution in [0.2, 0.25) is 0 Å². The van der Waals surface area contributed by atoms with Gasteiger partial charge in [-0.3, -0.25) is 4.90 Å². The molecule has 0 amide bonds. The van der Waals surface area contributed by atoms with Crippen LogP contribution in [0.15, 0.2) is 0 Å². The van der Waals surface area contributed by atoms with Crippen LogP contribution < -0.4 is 5.73 Å². The van der Waals surface area contributed by atoms with Crippen molar-refractivity contribution in [3.63, 3.8) is 0 Å². The lowest BCUT2D eigenvalue weighted by atomic mass is 9.92. The van der Waals surface area contributed by atoms with Gasteiger partial charge >= 0.3 is 0 Å². The van der Waals surface area contributed by atoms with Gasteiger partial charge in [0.1, 0.15) is 5.01 Å². The summed E-state index contributed by atoms with van der Waals surface area (Å²) in [5.74, 6) is 0. The largest absolute Gasteiger partial charge is 0.319 e. The zero-order valence-corrected chi connectivity index (χ0v) is 13.6. The van der Waals surface area contributed by atoms with E-state index < -0.39 is 0 Å². The van der Waals surface area contributed by atoms with Crippen molar-refractivity contribution in [1.29, 1.82) is 0 Å². The van der Waals surface area contributed by atoms with Crippen LogP contribution in [-0.2, 0) is 18.5 Å². The normalized spacial score (nSPS) is 23.6. The highest BCUT2D eigenvalue weighted by molar-refractivity contribution is 7.11. The summed E-state index contributed by atoms with van der Waals surface area (Å²) in [4.78, 5) is 8.96. The van der Waals surface area contributed by atoms with Gasteiger partial charge in [-0.05, 0) is 26.7 Å². The summed E-state index contributed by atoms with van der Waals surface area (Å²) in [6.45, 7) is 6.78. The first-order valence-electron chi connectivity index (χ1n) is 8.10. The maximum Gasteiger partial charge on any atom is 0.113 e. The summed E-state index contributed by atoms with van der Waals surface area (Å²) in [5, 5.41) is 1.22. The Morgan fingerprint density at radius 3 is 2.55 bits per heavy atom. The lowest BCUT2D eigenvalue weighted by molar-refractivity contribution is 0.204. The number of rotatable bonds is 2. The monoisotopic (exact) mass is 293 g/mol. The second kappa shape index (κ2) is 5.74. The summed E-state index contributed by atoms with van der Waals surface area (Å²) in [6, 6.07) is 0.624. The van der Waals surface area contributed by atoms with Crippen molar-refractivity contribution in [3.05, 3.63) is 15.6 Å². The molecule has 4 heteroatoms. The summed E-state index contributed by atoms with van der Waals surface area (Å²) < 4.78 is 0. The van der Waals surface area contributed by atoms with Crippen LogP contribution in [0, 0.1) is 0 Å². The van der Waals surface area contributed by atoms with Crippen molar-refractivity contribution in [1.82, 2.24) is 9.88 Å². The maximum atomic E-state index is 6.72. The van der Waals surface area contributed by atoms with E-state index in [1.54, 1.807) is 0 Å². The van der Waals surface area contributed by atoms with Crippen LogP contribution >= 0.6 is 11.3 Å². The fourth-order valence-electron chi connectivity index (χ4n) is 3.44. The lowest BCUT2D eigenvalue weighted by Gasteiger charge is -2.29. The SMILES string of the molecule is CC(C)N1CCc2nc(C3(N)CCCCCC3)sc2C1. The first-order chi connectivity index (χ1) is 9.58. The zero-order valence-electron chi connectivity index (χ0n) is 12.8. The molecule has 0 bridgehead atoms. The summed E-state index contributed by atoms with van der Waals surface area (Å²) >= 11 is 1.89. The number of nitrogens with two attached hydrogens (primary N) is 1. The van der Waals surface area contributed by atoms with Crippen LogP contribution in [0.3, 0.4) is 0 Å². The third kappa shape index (κ3) is 2.78. The lowest BCUT2D eigenvalue weighted by Crippen LogP contribution is -2.36. The van der Waals surface area contributed by atoms with E-state index in [4.69, 9.17) is 10.7 Å². The summed E-state index contributed by atoms with van der Waals surface area (Å²) in [7, 11) is 0. The Kier molecular flexibility index (Phi) is 4.16. The molecule has 2 heterocycles. The molecule has 0 radical (unpaired) electrons. The molecule has 1 saturated carbocycles. The number of fused-ring (bicyclic) bond motifs is 1. The van der Waals surface area contributed by atoms with Gasteiger partial charge < -0.3 is 5.73 Å². The van der Waals surface area contributed by atoms with Gasteiger partial charge in [0, 0.05) is 30.4 Å². The van der Waals surface area contributed by atoms with Crippen LogP contribution in [0.4, 0.5) is 0 Å². The summed E-state index contributed by atoms with van der Waals surface area (Å²) in [6.07, 6.45) is 8.54.